The summed E-state index contributed by atoms with van der Waals surface area (Å²) >= 11 is 0. The van der Waals surface area contributed by atoms with Crippen LogP contribution in [0.1, 0.15) is 5.56 Å². The standard InChI is InChI=1S/C9H11N3O4/c1-6-4-5-7(10(2)3)9(12(15)16)8(6)11(13)14/h4-5H,1-3H3. The highest BCUT2D eigenvalue weighted by Crippen LogP contribution is 2.38. The lowest BCUT2D eigenvalue weighted by Crippen LogP contribution is -2.12. The van der Waals surface area contributed by atoms with Gasteiger partial charge in [0.25, 0.3) is 0 Å². The second-order valence-electron chi connectivity index (χ2n) is 3.51. The zero-order valence-corrected chi connectivity index (χ0v) is 9.13. The fourth-order valence-corrected chi connectivity index (χ4v) is 1.44. The fourth-order valence-electron chi connectivity index (χ4n) is 1.44. The summed E-state index contributed by atoms with van der Waals surface area (Å²) in [6, 6.07) is 3.00. The molecular formula is C9H11N3O4. The van der Waals surface area contributed by atoms with Gasteiger partial charge in [0.1, 0.15) is 5.69 Å². The van der Waals surface area contributed by atoms with Crippen LogP contribution in [0.4, 0.5) is 17.1 Å². The van der Waals surface area contributed by atoms with Crippen LogP contribution in [-0.4, -0.2) is 23.9 Å². The van der Waals surface area contributed by atoms with Crippen molar-refractivity contribution in [1.29, 1.82) is 0 Å². The van der Waals surface area contributed by atoms with Crippen molar-refractivity contribution in [2.75, 3.05) is 19.0 Å². The summed E-state index contributed by atoms with van der Waals surface area (Å²) < 4.78 is 0. The summed E-state index contributed by atoms with van der Waals surface area (Å²) in [5, 5.41) is 21.7. The van der Waals surface area contributed by atoms with Crippen LogP contribution >= 0.6 is 0 Å². The van der Waals surface area contributed by atoms with Gasteiger partial charge in [0, 0.05) is 19.7 Å². The molecule has 0 heterocycles. The molecule has 0 unspecified atom stereocenters. The molecule has 1 rings (SSSR count). The summed E-state index contributed by atoms with van der Waals surface area (Å²) in [6.45, 7) is 1.48. The lowest BCUT2D eigenvalue weighted by atomic mass is 10.1. The predicted molar refractivity (Wildman–Crippen MR) is 58.8 cm³/mol. The monoisotopic (exact) mass is 225 g/mol. The molecule has 0 spiro atoms. The molecule has 16 heavy (non-hydrogen) atoms. The van der Waals surface area contributed by atoms with Gasteiger partial charge in [-0.25, -0.2) is 0 Å². The van der Waals surface area contributed by atoms with Gasteiger partial charge in [-0.05, 0) is 19.1 Å². The summed E-state index contributed by atoms with van der Waals surface area (Å²) in [5.41, 5.74) is -0.407. The van der Waals surface area contributed by atoms with Crippen molar-refractivity contribution in [1.82, 2.24) is 0 Å². The van der Waals surface area contributed by atoms with E-state index in [-0.39, 0.29) is 11.3 Å². The highest BCUT2D eigenvalue weighted by molar-refractivity contribution is 5.74. The maximum absolute atomic E-state index is 10.9. The van der Waals surface area contributed by atoms with E-state index in [1.807, 2.05) is 0 Å². The third kappa shape index (κ3) is 1.92. The first-order valence-electron chi connectivity index (χ1n) is 4.46. The number of nitro groups is 2. The minimum Gasteiger partial charge on any atom is -0.372 e. The molecule has 0 N–H and O–H groups in total. The van der Waals surface area contributed by atoms with Crippen molar-refractivity contribution in [3.8, 4) is 0 Å². The maximum atomic E-state index is 10.9. The third-order valence-corrected chi connectivity index (χ3v) is 2.18. The second kappa shape index (κ2) is 4.13. The van der Waals surface area contributed by atoms with E-state index in [1.54, 1.807) is 14.1 Å². The minimum absolute atomic E-state index is 0.224. The van der Waals surface area contributed by atoms with Crippen molar-refractivity contribution in [2.45, 2.75) is 6.92 Å². The normalized spacial score (nSPS) is 9.94. The molecule has 0 aromatic heterocycles. The molecule has 0 aliphatic rings. The first-order valence-corrected chi connectivity index (χ1v) is 4.46. The first kappa shape index (κ1) is 11.9. The van der Waals surface area contributed by atoms with E-state index in [1.165, 1.54) is 24.0 Å². The molecule has 0 bridgehead atoms. The van der Waals surface area contributed by atoms with E-state index in [9.17, 15) is 20.2 Å². The predicted octanol–water partition coefficient (Wildman–Crippen LogP) is 1.88. The zero-order valence-electron chi connectivity index (χ0n) is 9.13. The van der Waals surface area contributed by atoms with E-state index in [0.717, 1.165) is 0 Å². The van der Waals surface area contributed by atoms with Crippen LogP contribution in [0.25, 0.3) is 0 Å². The first-order chi connectivity index (χ1) is 7.36. The molecule has 0 saturated heterocycles. The minimum atomic E-state index is -0.722. The lowest BCUT2D eigenvalue weighted by molar-refractivity contribution is -0.422. The Hall–Kier alpha value is -2.18. The summed E-state index contributed by atoms with van der Waals surface area (Å²) in [6.07, 6.45) is 0. The Bertz CT molecular complexity index is 456. The number of hydrogen-bond acceptors (Lipinski definition) is 5. The molecule has 86 valence electrons. The van der Waals surface area contributed by atoms with E-state index in [2.05, 4.69) is 0 Å². The lowest BCUT2D eigenvalue weighted by Gasteiger charge is -2.12. The number of benzene rings is 1. The molecule has 0 amide bonds. The van der Waals surface area contributed by atoms with Crippen molar-refractivity contribution >= 4 is 17.1 Å². The molecule has 0 radical (unpaired) electrons. The Morgan fingerprint density at radius 1 is 1.06 bits per heavy atom. The average Bonchev–Trinajstić information content (AvgIpc) is 2.15. The van der Waals surface area contributed by atoms with Crippen molar-refractivity contribution in [3.05, 3.63) is 37.9 Å². The molecule has 0 aliphatic heterocycles. The Kier molecular flexibility index (Phi) is 3.07. The van der Waals surface area contributed by atoms with Crippen molar-refractivity contribution in [2.24, 2.45) is 0 Å². The van der Waals surface area contributed by atoms with E-state index in [4.69, 9.17) is 0 Å². The van der Waals surface area contributed by atoms with Gasteiger partial charge in [-0.1, -0.05) is 0 Å². The van der Waals surface area contributed by atoms with Crippen LogP contribution in [0, 0.1) is 27.2 Å². The van der Waals surface area contributed by atoms with Crippen LogP contribution in [0.3, 0.4) is 0 Å². The van der Waals surface area contributed by atoms with Gasteiger partial charge in [-0.2, -0.15) is 0 Å². The Labute approximate surface area is 91.6 Å². The molecule has 7 nitrogen and oxygen atoms in total. The number of hydrogen-bond donors (Lipinski definition) is 0. The summed E-state index contributed by atoms with van der Waals surface area (Å²) in [4.78, 5) is 21.7. The number of aryl methyl sites for hydroxylation is 1. The van der Waals surface area contributed by atoms with Crippen molar-refractivity contribution in [3.63, 3.8) is 0 Å². The van der Waals surface area contributed by atoms with Crippen LogP contribution in [0.5, 0.6) is 0 Å². The fraction of sp³-hybridized carbons (Fsp3) is 0.333. The highest BCUT2D eigenvalue weighted by atomic mass is 16.6. The molecule has 0 fully saturated rings. The van der Waals surface area contributed by atoms with Gasteiger partial charge >= 0.3 is 11.4 Å². The van der Waals surface area contributed by atoms with Gasteiger partial charge in [-0.3, -0.25) is 20.2 Å². The van der Waals surface area contributed by atoms with E-state index >= 15 is 0 Å². The third-order valence-electron chi connectivity index (χ3n) is 2.18. The zero-order chi connectivity index (χ0) is 12.5. The molecule has 1 aromatic carbocycles. The van der Waals surface area contributed by atoms with Gasteiger partial charge in [-0.15, -0.1) is 0 Å². The number of anilines is 1. The summed E-state index contributed by atoms with van der Waals surface area (Å²) in [5.74, 6) is 0. The number of nitrogens with zero attached hydrogens (tertiary/aromatic N) is 3. The van der Waals surface area contributed by atoms with Crippen LogP contribution in [0.15, 0.2) is 12.1 Å². The van der Waals surface area contributed by atoms with Crippen molar-refractivity contribution < 1.29 is 9.85 Å². The van der Waals surface area contributed by atoms with E-state index in [0.29, 0.717) is 0 Å². The molecule has 0 aliphatic carbocycles. The van der Waals surface area contributed by atoms with Crippen LogP contribution < -0.4 is 4.90 Å². The second-order valence-corrected chi connectivity index (χ2v) is 3.51. The smallest absolute Gasteiger partial charge is 0.369 e. The molecule has 7 heteroatoms. The Morgan fingerprint density at radius 3 is 1.94 bits per heavy atom. The van der Waals surface area contributed by atoms with Crippen LogP contribution in [-0.2, 0) is 0 Å². The van der Waals surface area contributed by atoms with Gasteiger partial charge in [0.15, 0.2) is 0 Å². The quantitative estimate of drug-likeness (QED) is 0.578. The van der Waals surface area contributed by atoms with Crippen LogP contribution in [0.2, 0.25) is 0 Å². The highest BCUT2D eigenvalue weighted by Gasteiger charge is 2.31. The molecular weight excluding hydrogens is 214 g/mol. The SMILES string of the molecule is Cc1ccc(N(C)C)c([N+](=O)[O-])c1[N+](=O)[O-]. The van der Waals surface area contributed by atoms with Gasteiger partial charge in [0.05, 0.1) is 9.85 Å². The van der Waals surface area contributed by atoms with E-state index < -0.39 is 21.2 Å². The van der Waals surface area contributed by atoms with Gasteiger partial charge in [0.2, 0.25) is 0 Å². The Morgan fingerprint density at radius 2 is 1.56 bits per heavy atom. The topological polar surface area (TPSA) is 89.5 Å². The Balaban J connectivity index is 3.63. The number of rotatable bonds is 3. The molecule has 1 aromatic rings. The van der Waals surface area contributed by atoms with Gasteiger partial charge < -0.3 is 4.90 Å². The average molecular weight is 225 g/mol. The summed E-state index contributed by atoms with van der Waals surface area (Å²) in [7, 11) is 3.20. The number of nitro benzene ring substituents is 2. The molecule has 0 atom stereocenters. The maximum Gasteiger partial charge on any atom is 0.369 e. The largest absolute Gasteiger partial charge is 0.372 e. The molecule has 0 saturated carbocycles.